The molecule has 0 spiro atoms. The van der Waals surface area contributed by atoms with Gasteiger partial charge in [0.1, 0.15) is 11.5 Å². The predicted molar refractivity (Wildman–Crippen MR) is 107 cm³/mol. The number of allylic oxidation sites excluding steroid dienone is 1. The van der Waals surface area contributed by atoms with Crippen molar-refractivity contribution in [2.24, 2.45) is 0 Å². The number of ether oxygens (including phenoxy) is 3. The summed E-state index contributed by atoms with van der Waals surface area (Å²) < 4.78 is 15.9. The highest BCUT2D eigenvalue weighted by Gasteiger charge is 2.28. The van der Waals surface area contributed by atoms with Gasteiger partial charge in [-0.15, -0.1) is 0 Å². The van der Waals surface area contributed by atoms with Crippen molar-refractivity contribution >= 4 is 17.8 Å². The van der Waals surface area contributed by atoms with Gasteiger partial charge in [-0.05, 0) is 41.7 Å². The zero-order valence-electron chi connectivity index (χ0n) is 16.7. The van der Waals surface area contributed by atoms with Crippen LogP contribution in [0.4, 0.5) is 0 Å². The largest absolute Gasteiger partial charge is 0.479 e. The number of carbonyl (C=O) groups is 2. The van der Waals surface area contributed by atoms with Crippen LogP contribution in [0.2, 0.25) is 0 Å². The first-order valence-corrected chi connectivity index (χ1v) is 9.12. The number of benzene rings is 2. The van der Waals surface area contributed by atoms with Crippen molar-refractivity contribution in [1.29, 1.82) is 0 Å². The Hall–Kier alpha value is -3.08. The molecule has 1 heterocycles. The maximum atomic E-state index is 12.6. The Morgan fingerprint density at radius 3 is 2.39 bits per heavy atom. The minimum atomic E-state index is -0.753. The van der Waals surface area contributed by atoms with Gasteiger partial charge < -0.3 is 14.2 Å². The number of ketones is 1. The van der Waals surface area contributed by atoms with E-state index in [9.17, 15) is 9.59 Å². The summed E-state index contributed by atoms with van der Waals surface area (Å²) in [7, 11) is 1.30. The zero-order valence-corrected chi connectivity index (χ0v) is 16.7. The number of methoxy groups -OCH3 is 1. The van der Waals surface area contributed by atoms with Gasteiger partial charge >= 0.3 is 5.97 Å². The molecule has 5 heteroatoms. The average molecular weight is 380 g/mol. The number of hydrogen-bond donors (Lipinski definition) is 0. The van der Waals surface area contributed by atoms with Crippen LogP contribution in [-0.2, 0) is 14.9 Å². The lowest BCUT2D eigenvalue weighted by molar-refractivity contribution is -0.147. The van der Waals surface area contributed by atoms with Crippen molar-refractivity contribution in [2.75, 3.05) is 7.11 Å². The molecule has 0 aromatic heterocycles. The van der Waals surface area contributed by atoms with E-state index in [1.807, 2.05) is 12.1 Å². The van der Waals surface area contributed by atoms with Gasteiger partial charge in [-0.3, -0.25) is 4.79 Å². The van der Waals surface area contributed by atoms with Gasteiger partial charge in [-0.25, -0.2) is 4.79 Å². The summed E-state index contributed by atoms with van der Waals surface area (Å²) in [6.45, 7) is 8.06. The molecule has 0 radical (unpaired) electrons. The molecular weight excluding hydrogens is 356 g/mol. The van der Waals surface area contributed by atoms with Gasteiger partial charge in [0.25, 0.3) is 0 Å². The van der Waals surface area contributed by atoms with Gasteiger partial charge in [0, 0.05) is 6.07 Å². The van der Waals surface area contributed by atoms with Crippen molar-refractivity contribution in [2.45, 2.75) is 39.2 Å². The number of rotatable bonds is 4. The van der Waals surface area contributed by atoms with Crippen molar-refractivity contribution in [3.05, 3.63) is 64.9 Å². The van der Waals surface area contributed by atoms with Gasteiger partial charge in [0.05, 0.1) is 12.7 Å². The Balaban J connectivity index is 1.79. The fourth-order valence-electron chi connectivity index (χ4n) is 2.89. The van der Waals surface area contributed by atoms with E-state index in [0.717, 1.165) is 5.56 Å². The highest BCUT2D eigenvalue weighted by atomic mass is 16.6. The summed E-state index contributed by atoms with van der Waals surface area (Å²) in [5.41, 5.74) is 2.65. The first-order chi connectivity index (χ1) is 13.2. The second-order valence-electron chi connectivity index (χ2n) is 7.75. The minimum absolute atomic E-state index is 0.0688. The zero-order chi connectivity index (χ0) is 20.5. The minimum Gasteiger partial charge on any atom is -0.479 e. The third-order valence-electron chi connectivity index (χ3n) is 4.56. The second kappa shape index (κ2) is 7.50. The van der Waals surface area contributed by atoms with E-state index in [4.69, 9.17) is 9.47 Å². The standard InChI is InChI=1S/C23H24O5/c1-14(22(25)26-5)27-17-10-11-18-19(13-17)28-20(21(18)24)12-15-6-8-16(9-7-15)23(2,3)4/h6-14H,1-5H3/b20-12-/t14-/m1/s1. The van der Waals surface area contributed by atoms with Crippen molar-refractivity contribution in [3.8, 4) is 11.5 Å². The number of fused-ring (bicyclic) bond motifs is 1. The molecule has 0 saturated carbocycles. The van der Waals surface area contributed by atoms with Gasteiger partial charge in [0.15, 0.2) is 11.9 Å². The third-order valence-corrected chi connectivity index (χ3v) is 4.56. The Bertz CT molecular complexity index is 932. The van der Waals surface area contributed by atoms with E-state index >= 15 is 0 Å². The van der Waals surface area contributed by atoms with E-state index in [0.29, 0.717) is 17.1 Å². The molecule has 1 aliphatic heterocycles. The van der Waals surface area contributed by atoms with Crippen LogP contribution in [0.25, 0.3) is 6.08 Å². The molecule has 0 aliphatic carbocycles. The molecule has 2 aromatic rings. The lowest BCUT2D eigenvalue weighted by atomic mass is 9.86. The van der Waals surface area contributed by atoms with E-state index in [-0.39, 0.29) is 17.0 Å². The molecule has 3 rings (SSSR count). The Kier molecular flexibility index (Phi) is 5.27. The molecule has 0 fully saturated rings. The number of esters is 1. The van der Waals surface area contributed by atoms with Crippen LogP contribution in [0.15, 0.2) is 48.2 Å². The first kappa shape index (κ1) is 19.7. The van der Waals surface area contributed by atoms with E-state index in [1.54, 1.807) is 31.2 Å². The predicted octanol–water partition coefficient (Wildman–Crippen LogP) is 4.54. The smallest absolute Gasteiger partial charge is 0.346 e. The fraction of sp³-hybridized carbons (Fsp3) is 0.304. The topological polar surface area (TPSA) is 61.8 Å². The summed E-state index contributed by atoms with van der Waals surface area (Å²) in [5.74, 6) is 0.452. The normalized spacial score (nSPS) is 15.8. The third kappa shape index (κ3) is 4.09. The summed E-state index contributed by atoms with van der Waals surface area (Å²) in [6, 6.07) is 12.9. The molecule has 0 N–H and O–H groups in total. The van der Waals surface area contributed by atoms with Crippen molar-refractivity contribution in [1.82, 2.24) is 0 Å². The second-order valence-corrected chi connectivity index (χ2v) is 7.75. The molecule has 1 atom stereocenters. The number of hydrogen-bond acceptors (Lipinski definition) is 5. The molecule has 0 unspecified atom stereocenters. The summed E-state index contributed by atoms with van der Waals surface area (Å²) in [4.78, 5) is 24.1. The van der Waals surface area contributed by atoms with Crippen LogP contribution < -0.4 is 9.47 Å². The summed E-state index contributed by atoms with van der Waals surface area (Å²) in [6.07, 6.45) is 0.975. The Labute approximate surface area is 164 Å². The van der Waals surface area contributed by atoms with Crippen molar-refractivity contribution < 1.29 is 23.8 Å². The van der Waals surface area contributed by atoms with Crippen LogP contribution in [-0.4, -0.2) is 25.0 Å². The summed E-state index contributed by atoms with van der Waals surface area (Å²) >= 11 is 0. The SMILES string of the molecule is COC(=O)[C@@H](C)Oc1ccc2c(c1)O/C(=C\c1ccc(C(C)(C)C)cc1)C2=O. The molecule has 0 amide bonds. The lowest BCUT2D eigenvalue weighted by Gasteiger charge is -2.18. The van der Waals surface area contributed by atoms with Crippen LogP contribution in [0, 0.1) is 0 Å². The van der Waals surface area contributed by atoms with Crippen LogP contribution in [0.3, 0.4) is 0 Å². The quantitative estimate of drug-likeness (QED) is 0.576. The van der Waals surface area contributed by atoms with Gasteiger partial charge in [0.2, 0.25) is 5.78 Å². The number of carbonyl (C=O) groups excluding carboxylic acids is 2. The fourth-order valence-corrected chi connectivity index (χ4v) is 2.89. The molecule has 1 aliphatic rings. The van der Waals surface area contributed by atoms with Gasteiger partial charge in [-0.1, -0.05) is 45.0 Å². The average Bonchev–Trinajstić information content (AvgIpc) is 2.95. The molecule has 146 valence electrons. The molecule has 2 aromatic carbocycles. The lowest BCUT2D eigenvalue weighted by Crippen LogP contribution is -2.24. The van der Waals surface area contributed by atoms with E-state index < -0.39 is 12.1 Å². The molecule has 0 saturated heterocycles. The van der Waals surface area contributed by atoms with Crippen molar-refractivity contribution in [3.63, 3.8) is 0 Å². The molecule has 0 bridgehead atoms. The van der Waals surface area contributed by atoms with Crippen LogP contribution in [0.1, 0.15) is 49.2 Å². The monoisotopic (exact) mass is 380 g/mol. The van der Waals surface area contributed by atoms with Crippen LogP contribution in [0.5, 0.6) is 11.5 Å². The van der Waals surface area contributed by atoms with Crippen LogP contribution >= 0.6 is 0 Å². The maximum absolute atomic E-state index is 12.6. The molecular formula is C23H24O5. The van der Waals surface area contributed by atoms with E-state index in [2.05, 4.69) is 37.6 Å². The number of Topliss-reactive ketones (excluding diaryl/α,β-unsaturated/α-hetero) is 1. The Morgan fingerprint density at radius 2 is 1.79 bits per heavy atom. The summed E-state index contributed by atoms with van der Waals surface area (Å²) in [5, 5.41) is 0. The Morgan fingerprint density at radius 1 is 1.11 bits per heavy atom. The molecule has 5 nitrogen and oxygen atoms in total. The van der Waals surface area contributed by atoms with E-state index in [1.165, 1.54) is 12.7 Å². The first-order valence-electron chi connectivity index (χ1n) is 9.12. The maximum Gasteiger partial charge on any atom is 0.346 e. The van der Waals surface area contributed by atoms with Gasteiger partial charge in [-0.2, -0.15) is 0 Å². The highest BCUT2D eigenvalue weighted by molar-refractivity contribution is 6.14. The molecule has 28 heavy (non-hydrogen) atoms. The highest BCUT2D eigenvalue weighted by Crippen LogP contribution is 2.35.